The van der Waals surface area contributed by atoms with E-state index >= 15 is 0 Å². The Morgan fingerprint density at radius 3 is 2.72 bits per heavy atom. The van der Waals surface area contributed by atoms with E-state index in [0.29, 0.717) is 18.1 Å². The van der Waals surface area contributed by atoms with Crippen molar-refractivity contribution in [2.75, 3.05) is 6.61 Å². The predicted molar refractivity (Wildman–Crippen MR) is 106 cm³/mol. The van der Waals surface area contributed by atoms with Crippen LogP contribution in [0.5, 0.6) is 5.88 Å². The fourth-order valence-electron chi connectivity index (χ4n) is 5.15. The van der Waals surface area contributed by atoms with E-state index in [9.17, 15) is 5.11 Å². The molecule has 148 valence electrons. The number of ether oxygens (including phenoxy) is 1. The molecular formula is C22H23N5O2. The summed E-state index contributed by atoms with van der Waals surface area (Å²) in [5.74, 6) is 0.540. The van der Waals surface area contributed by atoms with Gasteiger partial charge in [0.1, 0.15) is 12.3 Å². The molecule has 0 amide bonds. The minimum atomic E-state index is -0.607. The summed E-state index contributed by atoms with van der Waals surface area (Å²) in [6, 6.07) is 9.56. The van der Waals surface area contributed by atoms with Gasteiger partial charge in [0.25, 0.3) is 0 Å². The maximum atomic E-state index is 11.1. The van der Waals surface area contributed by atoms with Gasteiger partial charge in [-0.15, -0.1) is 0 Å². The first-order valence-electron chi connectivity index (χ1n) is 9.93. The summed E-state index contributed by atoms with van der Waals surface area (Å²) < 4.78 is 5.85. The van der Waals surface area contributed by atoms with E-state index < -0.39 is 6.23 Å². The summed E-state index contributed by atoms with van der Waals surface area (Å²) in [6.45, 7) is 2.61. The number of hydrogen-bond acceptors (Lipinski definition) is 7. The number of hydrazone groups is 1. The second kappa shape index (κ2) is 6.53. The van der Waals surface area contributed by atoms with Crippen LogP contribution in [0.1, 0.15) is 48.5 Å². The zero-order valence-corrected chi connectivity index (χ0v) is 16.3. The fourth-order valence-corrected chi connectivity index (χ4v) is 5.15. The third-order valence-electron chi connectivity index (χ3n) is 6.51. The monoisotopic (exact) mass is 389 g/mol. The van der Waals surface area contributed by atoms with Gasteiger partial charge in [-0.25, -0.2) is 4.98 Å². The van der Waals surface area contributed by atoms with Crippen LogP contribution in [0.4, 0.5) is 0 Å². The molecule has 1 aliphatic heterocycles. The maximum Gasteiger partial charge on any atom is 0.213 e. The molecule has 6 rings (SSSR count). The molecule has 2 bridgehead atoms. The number of aliphatic hydroxyl groups excluding tert-OH is 1. The topological polar surface area (TPSA) is 94.6 Å². The van der Waals surface area contributed by atoms with Crippen molar-refractivity contribution < 1.29 is 9.84 Å². The normalized spacial score (nSPS) is 30.2. The van der Waals surface area contributed by atoms with Crippen LogP contribution >= 0.6 is 0 Å². The third-order valence-corrected chi connectivity index (χ3v) is 6.51. The van der Waals surface area contributed by atoms with Crippen molar-refractivity contribution in [2.24, 2.45) is 15.9 Å². The molecule has 0 saturated heterocycles. The highest BCUT2D eigenvalue weighted by molar-refractivity contribution is 5.60. The van der Waals surface area contributed by atoms with Gasteiger partial charge in [0.15, 0.2) is 0 Å². The average Bonchev–Trinajstić information content (AvgIpc) is 3.16. The summed E-state index contributed by atoms with van der Waals surface area (Å²) >= 11 is 0. The van der Waals surface area contributed by atoms with Crippen LogP contribution in [0.3, 0.4) is 0 Å². The average molecular weight is 389 g/mol. The molecule has 29 heavy (non-hydrogen) atoms. The molecule has 1 N–H and O–H groups in total. The minimum Gasteiger partial charge on any atom is -0.477 e. The van der Waals surface area contributed by atoms with E-state index in [1.807, 2.05) is 30.4 Å². The second-order valence-corrected chi connectivity index (χ2v) is 8.74. The summed E-state index contributed by atoms with van der Waals surface area (Å²) in [4.78, 5) is 8.71. The Balaban J connectivity index is 1.19. The standard InChI is InChI=1S/C22H23N5O2/c1-15-2-4-17(24-9-15)18-6-7-26-27(18)20(28)22-11-21(12-22,13-22)14-29-19-5-3-16(8-23)10-25-19/h2-5,7,9-10,18,20,28H,6,11-14H2,1H3. The lowest BCUT2D eigenvalue weighted by molar-refractivity contribution is -0.299. The lowest BCUT2D eigenvalue weighted by Crippen LogP contribution is -2.71. The number of aliphatic hydroxyl groups is 1. The lowest BCUT2D eigenvalue weighted by Gasteiger charge is -2.72. The third kappa shape index (κ3) is 2.95. The number of pyridine rings is 2. The molecule has 3 fully saturated rings. The molecule has 7 heteroatoms. The van der Waals surface area contributed by atoms with Crippen LogP contribution < -0.4 is 4.74 Å². The van der Waals surface area contributed by atoms with Gasteiger partial charge in [0, 0.05) is 41.9 Å². The lowest BCUT2D eigenvalue weighted by atomic mass is 9.34. The van der Waals surface area contributed by atoms with Crippen molar-refractivity contribution in [3.63, 3.8) is 0 Å². The number of hydrogen-bond donors (Lipinski definition) is 1. The second-order valence-electron chi connectivity index (χ2n) is 8.74. The summed E-state index contributed by atoms with van der Waals surface area (Å²) in [5.41, 5.74) is 2.61. The summed E-state index contributed by atoms with van der Waals surface area (Å²) in [7, 11) is 0. The Labute approximate surface area is 169 Å². The van der Waals surface area contributed by atoms with E-state index in [-0.39, 0.29) is 16.9 Å². The van der Waals surface area contributed by atoms with Crippen LogP contribution in [0.15, 0.2) is 41.8 Å². The number of nitrogens with zero attached hydrogens (tertiary/aromatic N) is 5. The van der Waals surface area contributed by atoms with Gasteiger partial charge in [0.05, 0.1) is 23.9 Å². The van der Waals surface area contributed by atoms with Crippen molar-refractivity contribution >= 4 is 6.21 Å². The first kappa shape index (κ1) is 18.1. The molecule has 2 unspecified atom stereocenters. The molecule has 7 nitrogen and oxygen atoms in total. The highest BCUT2D eigenvalue weighted by atomic mass is 16.5. The van der Waals surface area contributed by atoms with Gasteiger partial charge in [-0.1, -0.05) is 6.07 Å². The van der Waals surface area contributed by atoms with Gasteiger partial charge in [-0.3, -0.25) is 9.99 Å². The molecule has 3 heterocycles. The maximum absolute atomic E-state index is 11.1. The predicted octanol–water partition coefficient (Wildman–Crippen LogP) is 2.96. The number of nitriles is 1. The van der Waals surface area contributed by atoms with E-state index in [1.165, 1.54) is 6.20 Å². The first-order valence-corrected chi connectivity index (χ1v) is 9.93. The fraction of sp³-hybridized carbons (Fsp3) is 0.455. The van der Waals surface area contributed by atoms with Gasteiger partial charge in [-0.05, 0) is 43.9 Å². The van der Waals surface area contributed by atoms with Gasteiger partial charge >= 0.3 is 0 Å². The largest absolute Gasteiger partial charge is 0.477 e. The molecule has 0 spiro atoms. The Morgan fingerprint density at radius 1 is 1.24 bits per heavy atom. The minimum absolute atomic E-state index is 0.00493. The van der Waals surface area contributed by atoms with Crippen LogP contribution in [-0.2, 0) is 0 Å². The highest BCUT2D eigenvalue weighted by Crippen LogP contribution is 2.75. The van der Waals surface area contributed by atoms with Crippen molar-refractivity contribution in [3.8, 4) is 11.9 Å². The smallest absolute Gasteiger partial charge is 0.213 e. The molecule has 3 saturated carbocycles. The SMILES string of the molecule is Cc1ccc(C2CC=NN2C(O)C23CC(COc4ccc(C#N)cn4)(C2)C3)nc1. The van der Waals surface area contributed by atoms with Crippen LogP contribution in [0.2, 0.25) is 0 Å². The Morgan fingerprint density at radius 2 is 2.07 bits per heavy atom. The Hall–Kier alpha value is -2.98. The van der Waals surface area contributed by atoms with E-state index in [4.69, 9.17) is 10.00 Å². The zero-order valence-electron chi connectivity index (χ0n) is 16.3. The van der Waals surface area contributed by atoms with E-state index in [1.54, 1.807) is 12.1 Å². The molecule has 3 aliphatic carbocycles. The molecule has 4 aliphatic rings. The zero-order chi connectivity index (χ0) is 20.1. The van der Waals surface area contributed by atoms with Crippen molar-refractivity contribution in [2.45, 2.75) is 44.9 Å². The van der Waals surface area contributed by atoms with Crippen LogP contribution in [0, 0.1) is 29.1 Å². The molecule has 2 aromatic heterocycles. The van der Waals surface area contributed by atoms with Crippen molar-refractivity contribution in [1.82, 2.24) is 15.0 Å². The highest BCUT2D eigenvalue weighted by Gasteiger charge is 2.72. The first-order chi connectivity index (χ1) is 14.0. The van der Waals surface area contributed by atoms with Crippen molar-refractivity contribution in [1.29, 1.82) is 5.26 Å². The van der Waals surface area contributed by atoms with Crippen LogP contribution in [0.25, 0.3) is 0 Å². The number of rotatable bonds is 6. The van der Waals surface area contributed by atoms with Gasteiger partial charge < -0.3 is 9.84 Å². The quantitative estimate of drug-likeness (QED) is 0.816. The van der Waals surface area contributed by atoms with Crippen molar-refractivity contribution in [3.05, 3.63) is 53.5 Å². The van der Waals surface area contributed by atoms with Gasteiger partial charge in [0.2, 0.25) is 5.88 Å². The van der Waals surface area contributed by atoms with Crippen LogP contribution in [-0.4, -0.2) is 39.1 Å². The Kier molecular flexibility index (Phi) is 4.07. The molecule has 2 atom stereocenters. The van der Waals surface area contributed by atoms with Gasteiger partial charge in [-0.2, -0.15) is 10.4 Å². The van der Waals surface area contributed by atoms with E-state index in [0.717, 1.165) is 36.9 Å². The molecule has 0 aromatic carbocycles. The summed E-state index contributed by atoms with van der Waals surface area (Å²) in [5, 5.41) is 26.3. The van der Waals surface area contributed by atoms with E-state index in [2.05, 4.69) is 27.2 Å². The Bertz CT molecular complexity index is 960. The number of aromatic nitrogens is 2. The molecule has 0 radical (unpaired) electrons. The molecule has 2 aromatic rings. The summed E-state index contributed by atoms with van der Waals surface area (Å²) in [6.07, 6.45) is 8.20. The molecular weight excluding hydrogens is 366 g/mol. The number of aryl methyl sites for hydroxylation is 1.